The third kappa shape index (κ3) is 3.14. The molecule has 114 valence electrons. The van der Waals surface area contributed by atoms with Crippen molar-refractivity contribution >= 4 is 23.2 Å². The van der Waals surface area contributed by atoms with Gasteiger partial charge in [-0.2, -0.15) is 0 Å². The highest BCUT2D eigenvalue weighted by molar-refractivity contribution is 7.95. The topological polar surface area (TPSA) is 0 Å². The molecule has 0 saturated carbocycles. The molecule has 3 rings (SSSR count). The Morgan fingerprint density at radius 1 is 0.696 bits per heavy atom. The Bertz CT molecular complexity index is 742. The predicted octanol–water partition coefficient (Wildman–Crippen LogP) is 4.56. The zero-order chi connectivity index (χ0) is 17.7. The van der Waals surface area contributed by atoms with Crippen LogP contribution in [0.25, 0.3) is 0 Å². The number of hydrogen-bond acceptors (Lipinski definition) is 0. The van der Waals surface area contributed by atoms with Crippen LogP contribution in [0.5, 0.6) is 0 Å². The number of allylic oxidation sites excluding steroid dienone is 2. The molecule has 0 spiro atoms. The highest BCUT2D eigenvalue weighted by atomic mass is 31.2. The van der Waals surface area contributed by atoms with Crippen molar-refractivity contribution < 1.29 is 2.74 Å². The summed E-state index contributed by atoms with van der Waals surface area (Å²) in [5, 5.41) is 3.75. The van der Waals surface area contributed by atoms with Gasteiger partial charge in [0.1, 0.15) is 23.2 Å². The summed E-state index contributed by atoms with van der Waals surface area (Å²) in [7, 11) is -2.03. The summed E-state index contributed by atoms with van der Waals surface area (Å²) in [6.45, 7) is 1.71. The maximum absolute atomic E-state index is 8.45. The van der Waals surface area contributed by atoms with Gasteiger partial charge in [-0.25, -0.2) is 0 Å². The molecule has 0 amide bonds. The van der Waals surface area contributed by atoms with E-state index in [1.807, 2.05) is 18.2 Å². The van der Waals surface area contributed by atoms with Gasteiger partial charge in [0, 0.05) is 0 Å². The van der Waals surface area contributed by atoms with E-state index in [-0.39, 0.29) is 0 Å². The minimum atomic E-state index is -2.03. The molecule has 0 fully saturated rings. The fraction of sp³-hybridized carbons (Fsp3) is 0.0909. The van der Waals surface area contributed by atoms with Gasteiger partial charge in [-0.1, -0.05) is 66.7 Å². The summed E-state index contributed by atoms with van der Waals surface area (Å²) in [6, 6.07) is 32.2. The fourth-order valence-corrected chi connectivity index (χ4v) is 6.85. The molecule has 0 atom stereocenters. The van der Waals surface area contributed by atoms with Gasteiger partial charge >= 0.3 is 0 Å². The van der Waals surface area contributed by atoms with Gasteiger partial charge < -0.3 is 0 Å². The van der Waals surface area contributed by atoms with E-state index >= 15 is 0 Å². The van der Waals surface area contributed by atoms with Crippen LogP contribution in [-0.4, -0.2) is 6.16 Å². The Balaban J connectivity index is 2.34. The van der Waals surface area contributed by atoms with Crippen molar-refractivity contribution in [3.63, 3.8) is 0 Å². The van der Waals surface area contributed by atoms with Crippen LogP contribution in [-0.2, 0) is 0 Å². The summed E-state index contributed by atoms with van der Waals surface area (Å²) in [5.74, 6) is 0. The number of hydrogen-bond donors (Lipinski definition) is 0. The molecule has 0 nitrogen and oxygen atoms in total. The van der Waals surface area contributed by atoms with Crippen LogP contribution in [0.2, 0.25) is 0 Å². The van der Waals surface area contributed by atoms with Gasteiger partial charge in [0.2, 0.25) is 0 Å². The molecule has 3 aromatic rings. The monoisotopic (exact) mass is 319 g/mol. The Labute approximate surface area is 142 Å². The average Bonchev–Trinajstić information content (AvgIpc) is 2.68. The first-order valence-corrected chi connectivity index (χ1v) is 9.80. The molecule has 0 heterocycles. The minimum absolute atomic E-state index is 0.340. The second-order valence-corrected chi connectivity index (χ2v) is 8.89. The highest BCUT2D eigenvalue weighted by Crippen LogP contribution is 2.55. The number of benzene rings is 3. The maximum atomic E-state index is 8.45. The van der Waals surface area contributed by atoms with Crippen molar-refractivity contribution in [2.75, 3.05) is 6.16 Å². The van der Waals surface area contributed by atoms with E-state index < -0.39 is 7.26 Å². The van der Waals surface area contributed by atoms with E-state index in [1.54, 1.807) is 6.92 Å². The molecule has 0 saturated heterocycles. The Morgan fingerprint density at radius 2 is 1.04 bits per heavy atom. The molecule has 0 aromatic heterocycles. The van der Waals surface area contributed by atoms with E-state index in [0.717, 1.165) is 0 Å². The molecular formula is C22H22P+. The molecule has 0 aliphatic carbocycles. The Hall–Kier alpha value is -2.17. The summed E-state index contributed by atoms with van der Waals surface area (Å²) < 4.78 is 16.4. The molecule has 0 bridgehead atoms. The lowest BCUT2D eigenvalue weighted by Crippen LogP contribution is -2.32. The van der Waals surface area contributed by atoms with Crippen molar-refractivity contribution in [3.05, 3.63) is 103 Å². The lowest BCUT2D eigenvalue weighted by atomic mass is 10.4. The summed E-state index contributed by atoms with van der Waals surface area (Å²) in [5.41, 5.74) is 0. The van der Waals surface area contributed by atoms with Crippen LogP contribution < -0.4 is 15.9 Å². The first kappa shape index (κ1) is 13.3. The quantitative estimate of drug-likeness (QED) is 0.478. The first-order valence-electron chi connectivity index (χ1n) is 8.82. The van der Waals surface area contributed by atoms with Gasteiger partial charge in [-0.05, 0) is 43.3 Å². The average molecular weight is 319 g/mol. The highest BCUT2D eigenvalue weighted by Gasteiger charge is 2.43. The number of rotatable bonds is 5. The zero-order valence-electron chi connectivity index (χ0n) is 15.3. The van der Waals surface area contributed by atoms with Gasteiger partial charge in [0.25, 0.3) is 0 Å². The molecule has 0 radical (unpaired) electrons. The second kappa shape index (κ2) is 7.40. The normalized spacial score (nSPS) is 13.8. The molecule has 0 aliphatic heterocycles. The van der Waals surface area contributed by atoms with Gasteiger partial charge in [0.05, 0.1) is 8.90 Å². The van der Waals surface area contributed by atoms with Crippen molar-refractivity contribution in [1.29, 1.82) is 0 Å². The first-order chi connectivity index (χ1) is 12.1. The van der Waals surface area contributed by atoms with Crippen LogP contribution in [0.15, 0.2) is 103 Å². The Morgan fingerprint density at radius 3 is 1.35 bits per heavy atom. The van der Waals surface area contributed by atoms with Crippen LogP contribution in [0.4, 0.5) is 0 Å². The van der Waals surface area contributed by atoms with Crippen molar-refractivity contribution in [1.82, 2.24) is 0 Å². The third-order valence-electron chi connectivity index (χ3n) is 4.08. The van der Waals surface area contributed by atoms with E-state index in [2.05, 4.69) is 72.8 Å². The molecular weight excluding hydrogens is 295 g/mol. The largest absolute Gasteiger partial charge is 0.115 e. The summed E-state index contributed by atoms with van der Waals surface area (Å²) in [4.78, 5) is 0. The van der Waals surface area contributed by atoms with Crippen LogP contribution in [0, 0.1) is 0 Å². The molecule has 0 unspecified atom stereocenters. The van der Waals surface area contributed by atoms with Crippen LogP contribution >= 0.6 is 7.26 Å². The van der Waals surface area contributed by atoms with Gasteiger partial charge in [-0.3, -0.25) is 0 Å². The lowest BCUT2D eigenvalue weighted by molar-refractivity contribution is 1.61. The smallest absolute Gasteiger partial charge is 0.0880 e. The standard InChI is InChI=1S/C22H22P/c1-2-3-19-23(20-13-7-4-8-14-20,21-15-9-5-10-16-21)22-17-11-6-12-18-22/h2-18H,19H2,1H3/q+1/b3-2+/i2D,3D. The molecule has 0 N–H and O–H groups in total. The maximum Gasteiger partial charge on any atom is 0.115 e. The minimum Gasteiger partial charge on any atom is -0.0880 e. The van der Waals surface area contributed by atoms with Gasteiger partial charge in [-0.15, -0.1) is 0 Å². The summed E-state index contributed by atoms with van der Waals surface area (Å²) >= 11 is 0. The SMILES string of the molecule is [2H]/C(C)=C(/[2H])C[P+](c1ccccc1)(c1ccccc1)c1ccccc1. The van der Waals surface area contributed by atoms with Gasteiger partial charge in [0.15, 0.2) is 0 Å². The molecule has 0 aliphatic rings. The lowest BCUT2D eigenvalue weighted by Gasteiger charge is -2.26. The van der Waals surface area contributed by atoms with E-state index in [4.69, 9.17) is 2.74 Å². The Kier molecular flexibility index (Phi) is 4.27. The van der Waals surface area contributed by atoms with E-state index in [9.17, 15) is 0 Å². The van der Waals surface area contributed by atoms with Crippen molar-refractivity contribution in [2.24, 2.45) is 0 Å². The van der Waals surface area contributed by atoms with E-state index in [1.165, 1.54) is 15.9 Å². The third-order valence-corrected chi connectivity index (χ3v) is 8.26. The second-order valence-electron chi connectivity index (χ2n) is 5.40. The fourth-order valence-electron chi connectivity index (χ4n) is 2.97. The van der Waals surface area contributed by atoms with Crippen LogP contribution in [0.3, 0.4) is 0 Å². The van der Waals surface area contributed by atoms with E-state index in [0.29, 0.717) is 18.3 Å². The molecule has 1 heteroatoms. The van der Waals surface area contributed by atoms with Crippen molar-refractivity contribution in [3.8, 4) is 0 Å². The predicted molar refractivity (Wildman–Crippen MR) is 105 cm³/mol. The molecule has 23 heavy (non-hydrogen) atoms. The molecule has 3 aromatic carbocycles. The van der Waals surface area contributed by atoms with Crippen molar-refractivity contribution in [2.45, 2.75) is 6.92 Å². The zero-order valence-corrected chi connectivity index (χ0v) is 14.2. The van der Waals surface area contributed by atoms with Crippen LogP contribution in [0.1, 0.15) is 9.67 Å². The summed E-state index contributed by atoms with van der Waals surface area (Å²) in [6.07, 6.45) is 0.570.